The molecule has 1 aromatic rings. The standard InChI is InChI=1S/C17H23NO5/c1-5-22-15(20)14-13-7-6-12(19)10-11(13)8-9-18(14)16(21)23-17(2,3)4/h6-7,10,14,19H,5,8-9H2,1-4H3/t14-/m1/s1. The minimum absolute atomic E-state index is 0.136. The Bertz CT molecular complexity index is 605. The fraction of sp³-hybridized carbons (Fsp3) is 0.529. The third kappa shape index (κ3) is 3.94. The summed E-state index contributed by atoms with van der Waals surface area (Å²) in [7, 11) is 0. The van der Waals surface area contributed by atoms with Crippen LogP contribution in [-0.4, -0.2) is 40.8 Å². The molecule has 0 spiro atoms. The minimum Gasteiger partial charge on any atom is -0.508 e. The van der Waals surface area contributed by atoms with Gasteiger partial charge in [-0.15, -0.1) is 0 Å². The predicted molar refractivity (Wildman–Crippen MR) is 84.1 cm³/mol. The van der Waals surface area contributed by atoms with E-state index in [2.05, 4.69) is 0 Å². The van der Waals surface area contributed by atoms with Gasteiger partial charge in [0.25, 0.3) is 0 Å². The fourth-order valence-corrected chi connectivity index (χ4v) is 2.61. The van der Waals surface area contributed by atoms with Crippen molar-refractivity contribution in [3.8, 4) is 5.75 Å². The lowest BCUT2D eigenvalue weighted by Gasteiger charge is -2.36. The number of aromatic hydroxyl groups is 1. The van der Waals surface area contributed by atoms with Crippen molar-refractivity contribution < 1.29 is 24.2 Å². The average molecular weight is 321 g/mol. The number of hydrogen-bond acceptors (Lipinski definition) is 5. The van der Waals surface area contributed by atoms with E-state index in [9.17, 15) is 14.7 Å². The summed E-state index contributed by atoms with van der Waals surface area (Å²) >= 11 is 0. The Morgan fingerprint density at radius 2 is 2.04 bits per heavy atom. The molecular weight excluding hydrogens is 298 g/mol. The lowest BCUT2D eigenvalue weighted by molar-refractivity contribution is -0.150. The van der Waals surface area contributed by atoms with Crippen molar-refractivity contribution in [1.29, 1.82) is 0 Å². The van der Waals surface area contributed by atoms with Crippen molar-refractivity contribution in [2.45, 2.75) is 45.8 Å². The van der Waals surface area contributed by atoms with Crippen LogP contribution in [0.25, 0.3) is 0 Å². The van der Waals surface area contributed by atoms with Gasteiger partial charge in [0, 0.05) is 6.54 Å². The Morgan fingerprint density at radius 3 is 2.65 bits per heavy atom. The topological polar surface area (TPSA) is 76.1 Å². The molecule has 2 rings (SSSR count). The number of amides is 1. The van der Waals surface area contributed by atoms with Crippen molar-refractivity contribution in [2.24, 2.45) is 0 Å². The maximum Gasteiger partial charge on any atom is 0.411 e. The van der Waals surface area contributed by atoms with E-state index < -0.39 is 23.7 Å². The summed E-state index contributed by atoms with van der Waals surface area (Å²) in [6.45, 7) is 7.61. The molecule has 0 fully saturated rings. The predicted octanol–water partition coefficient (Wildman–Crippen LogP) is 2.79. The third-order valence-corrected chi connectivity index (χ3v) is 3.49. The van der Waals surface area contributed by atoms with Crippen LogP contribution in [0.1, 0.15) is 44.9 Å². The van der Waals surface area contributed by atoms with Crippen LogP contribution in [0.4, 0.5) is 4.79 Å². The van der Waals surface area contributed by atoms with Gasteiger partial charge in [-0.05, 0) is 57.4 Å². The highest BCUT2D eigenvalue weighted by Crippen LogP contribution is 2.33. The van der Waals surface area contributed by atoms with Gasteiger partial charge in [-0.25, -0.2) is 9.59 Å². The highest BCUT2D eigenvalue weighted by molar-refractivity contribution is 5.84. The van der Waals surface area contributed by atoms with Crippen LogP contribution in [0, 0.1) is 0 Å². The van der Waals surface area contributed by atoms with Crippen LogP contribution in [0.15, 0.2) is 18.2 Å². The molecule has 0 aliphatic carbocycles. The summed E-state index contributed by atoms with van der Waals surface area (Å²) in [6.07, 6.45) is -0.00641. The molecule has 0 unspecified atom stereocenters. The highest BCUT2D eigenvalue weighted by atomic mass is 16.6. The Balaban J connectivity index is 2.37. The Labute approximate surface area is 136 Å². The normalized spacial score (nSPS) is 17.4. The van der Waals surface area contributed by atoms with Crippen molar-refractivity contribution in [3.05, 3.63) is 29.3 Å². The molecular formula is C17H23NO5. The van der Waals surface area contributed by atoms with Gasteiger partial charge in [0.2, 0.25) is 0 Å². The first-order valence-corrected chi connectivity index (χ1v) is 7.71. The molecule has 1 aliphatic rings. The van der Waals surface area contributed by atoms with Gasteiger partial charge >= 0.3 is 12.1 Å². The number of fused-ring (bicyclic) bond motifs is 1. The SMILES string of the molecule is CCOC(=O)[C@H]1c2ccc(O)cc2CCN1C(=O)OC(C)(C)C. The van der Waals surface area contributed by atoms with E-state index in [1.807, 2.05) is 0 Å². The molecule has 1 heterocycles. The molecule has 6 heteroatoms. The number of phenolic OH excluding ortho intramolecular Hbond substituents is 1. The molecule has 0 radical (unpaired) electrons. The lowest BCUT2D eigenvalue weighted by Crippen LogP contribution is -2.46. The largest absolute Gasteiger partial charge is 0.508 e. The zero-order chi connectivity index (χ0) is 17.2. The monoisotopic (exact) mass is 321 g/mol. The number of carbonyl (C=O) groups excluding carboxylic acids is 2. The number of esters is 1. The van der Waals surface area contributed by atoms with E-state index in [1.165, 1.54) is 11.0 Å². The van der Waals surface area contributed by atoms with Gasteiger partial charge in [0.15, 0.2) is 6.04 Å². The number of ether oxygens (including phenoxy) is 2. The summed E-state index contributed by atoms with van der Waals surface area (Å²) in [5.74, 6) is -0.359. The van der Waals surface area contributed by atoms with E-state index in [4.69, 9.17) is 9.47 Å². The highest BCUT2D eigenvalue weighted by Gasteiger charge is 2.39. The first-order chi connectivity index (χ1) is 10.7. The second-order valence-electron chi connectivity index (χ2n) is 6.46. The molecule has 126 valence electrons. The number of benzene rings is 1. The molecule has 0 saturated heterocycles. The Kier molecular flexibility index (Phi) is 4.82. The Hall–Kier alpha value is -2.24. The Morgan fingerprint density at radius 1 is 1.35 bits per heavy atom. The average Bonchev–Trinajstić information content (AvgIpc) is 2.44. The molecule has 0 saturated carbocycles. The summed E-state index contributed by atoms with van der Waals surface area (Å²) in [4.78, 5) is 26.2. The van der Waals surface area contributed by atoms with E-state index in [0.717, 1.165) is 5.56 Å². The quantitative estimate of drug-likeness (QED) is 0.848. The maximum absolute atomic E-state index is 12.5. The molecule has 23 heavy (non-hydrogen) atoms. The van der Waals surface area contributed by atoms with E-state index in [-0.39, 0.29) is 12.4 Å². The number of hydrogen-bond donors (Lipinski definition) is 1. The first-order valence-electron chi connectivity index (χ1n) is 7.71. The molecule has 6 nitrogen and oxygen atoms in total. The minimum atomic E-state index is -0.853. The number of phenols is 1. The van der Waals surface area contributed by atoms with Gasteiger partial charge in [-0.3, -0.25) is 4.90 Å². The first kappa shape index (κ1) is 17.1. The molecule has 1 atom stereocenters. The van der Waals surface area contributed by atoms with Gasteiger partial charge in [-0.1, -0.05) is 6.07 Å². The van der Waals surface area contributed by atoms with Gasteiger partial charge < -0.3 is 14.6 Å². The summed E-state index contributed by atoms with van der Waals surface area (Å²) in [5.41, 5.74) is 0.854. The molecule has 1 aromatic carbocycles. The van der Waals surface area contributed by atoms with Crippen molar-refractivity contribution in [1.82, 2.24) is 4.90 Å². The smallest absolute Gasteiger partial charge is 0.411 e. The summed E-state index contributed by atoms with van der Waals surface area (Å²) in [5, 5.41) is 9.62. The zero-order valence-corrected chi connectivity index (χ0v) is 14.0. The summed E-state index contributed by atoms with van der Waals surface area (Å²) < 4.78 is 10.5. The van der Waals surface area contributed by atoms with Gasteiger partial charge in [-0.2, -0.15) is 0 Å². The van der Waals surface area contributed by atoms with Crippen molar-refractivity contribution in [3.63, 3.8) is 0 Å². The molecule has 1 aliphatic heterocycles. The van der Waals surface area contributed by atoms with Gasteiger partial charge in [0.1, 0.15) is 11.4 Å². The van der Waals surface area contributed by atoms with Crippen LogP contribution >= 0.6 is 0 Å². The summed E-state index contributed by atoms with van der Waals surface area (Å²) in [6, 6.07) is 3.93. The lowest BCUT2D eigenvalue weighted by atomic mass is 9.92. The number of carbonyl (C=O) groups is 2. The number of rotatable bonds is 2. The van der Waals surface area contributed by atoms with E-state index in [1.54, 1.807) is 39.8 Å². The van der Waals surface area contributed by atoms with Crippen molar-refractivity contribution >= 4 is 12.1 Å². The van der Waals surface area contributed by atoms with Gasteiger partial charge in [0.05, 0.1) is 6.61 Å². The second kappa shape index (κ2) is 6.48. The zero-order valence-electron chi connectivity index (χ0n) is 14.0. The van der Waals surface area contributed by atoms with Crippen LogP contribution in [0.3, 0.4) is 0 Å². The van der Waals surface area contributed by atoms with Crippen LogP contribution in [-0.2, 0) is 20.7 Å². The fourth-order valence-electron chi connectivity index (χ4n) is 2.61. The number of nitrogens with zero attached hydrogens (tertiary/aromatic N) is 1. The second-order valence-corrected chi connectivity index (χ2v) is 6.46. The molecule has 1 N–H and O–H groups in total. The van der Waals surface area contributed by atoms with Crippen LogP contribution < -0.4 is 0 Å². The third-order valence-electron chi connectivity index (χ3n) is 3.49. The van der Waals surface area contributed by atoms with Crippen LogP contribution in [0.5, 0.6) is 5.75 Å². The molecule has 0 aromatic heterocycles. The molecule has 0 bridgehead atoms. The van der Waals surface area contributed by atoms with E-state index >= 15 is 0 Å². The van der Waals surface area contributed by atoms with Crippen LogP contribution in [0.2, 0.25) is 0 Å². The molecule has 1 amide bonds. The van der Waals surface area contributed by atoms with E-state index in [0.29, 0.717) is 18.5 Å². The maximum atomic E-state index is 12.5. The van der Waals surface area contributed by atoms with Crippen molar-refractivity contribution in [2.75, 3.05) is 13.2 Å².